The fourth-order valence-corrected chi connectivity index (χ4v) is 4.95. The van der Waals surface area contributed by atoms with Gasteiger partial charge in [0.15, 0.2) is 0 Å². The molecule has 0 amide bonds. The van der Waals surface area contributed by atoms with Crippen LogP contribution in [0.1, 0.15) is 58.3 Å². The lowest BCUT2D eigenvalue weighted by molar-refractivity contribution is 0.223. The van der Waals surface area contributed by atoms with Gasteiger partial charge >= 0.3 is 5.69 Å². The van der Waals surface area contributed by atoms with Crippen LogP contribution in [0, 0.1) is 5.92 Å². The minimum absolute atomic E-state index is 0.110. The second-order valence-corrected chi connectivity index (χ2v) is 8.27. The molecule has 1 aromatic carbocycles. The molecule has 0 saturated heterocycles. The number of para-hydroxylation sites is 2. The maximum atomic E-state index is 13.0. The molecule has 1 saturated carbocycles. The number of hydrogen-bond acceptors (Lipinski definition) is 2. The zero-order chi connectivity index (χ0) is 18.6. The van der Waals surface area contributed by atoms with Gasteiger partial charge in [-0.25, -0.2) is 4.79 Å². The summed E-state index contributed by atoms with van der Waals surface area (Å²) in [7, 11) is 0. The van der Waals surface area contributed by atoms with Gasteiger partial charge in [0.05, 0.1) is 11.0 Å². The first-order chi connectivity index (χ1) is 13.3. The minimum atomic E-state index is 0.110. The van der Waals surface area contributed by atoms with Crippen molar-refractivity contribution in [1.82, 2.24) is 14.0 Å². The van der Waals surface area contributed by atoms with Gasteiger partial charge in [-0.1, -0.05) is 50.3 Å². The van der Waals surface area contributed by atoms with E-state index in [-0.39, 0.29) is 5.69 Å². The van der Waals surface area contributed by atoms with Crippen molar-refractivity contribution >= 4 is 16.7 Å². The largest absolute Gasteiger partial charge is 0.333 e. The van der Waals surface area contributed by atoms with E-state index in [0.717, 1.165) is 36.5 Å². The third-order valence-corrected chi connectivity index (χ3v) is 6.45. The Labute approximate surface area is 162 Å². The summed E-state index contributed by atoms with van der Waals surface area (Å²) in [5.74, 6) is 0.866. The fourth-order valence-electron chi connectivity index (χ4n) is 4.95. The summed E-state index contributed by atoms with van der Waals surface area (Å²) in [6, 6.07) is 8.18. The first-order valence-corrected chi connectivity index (χ1v) is 10.9. The maximum absolute atomic E-state index is 13.0. The van der Waals surface area contributed by atoms with Crippen LogP contribution < -0.4 is 5.69 Å². The van der Waals surface area contributed by atoms with Gasteiger partial charge in [0.2, 0.25) is 0 Å². The molecule has 4 heteroatoms. The summed E-state index contributed by atoms with van der Waals surface area (Å²) in [5, 5.41) is 0. The number of rotatable bonds is 4. The predicted octanol–water partition coefficient (Wildman–Crippen LogP) is 4.73. The summed E-state index contributed by atoms with van der Waals surface area (Å²) in [5.41, 5.74) is 3.38. The molecular weight excluding hydrogens is 334 g/mol. The third kappa shape index (κ3) is 3.91. The van der Waals surface area contributed by atoms with Crippen LogP contribution in [0.3, 0.4) is 0 Å². The smallest absolute Gasteiger partial charge is 0.299 e. The Kier molecular flexibility index (Phi) is 5.82. The number of aromatic nitrogens is 2. The Balaban J connectivity index is 1.50. The summed E-state index contributed by atoms with van der Waals surface area (Å²) in [6.07, 6.45) is 13.1. The first-order valence-electron chi connectivity index (χ1n) is 10.9. The van der Waals surface area contributed by atoms with Crippen molar-refractivity contribution in [3.8, 4) is 0 Å². The Morgan fingerprint density at radius 3 is 2.37 bits per heavy atom. The Hall–Kier alpha value is -1.81. The van der Waals surface area contributed by atoms with Gasteiger partial charge in [-0.15, -0.1) is 0 Å². The molecule has 146 valence electrons. The number of nitrogens with zero attached hydrogens (tertiary/aromatic N) is 3. The highest BCUT2D eigenvalue weighted by atomic mass is 16.1. The number of aryl methyl sites for hydroxylation is 1. The lowest BCUT2D eigenvalue weighted by Crippen LogP contribution is -2.35. The number of fused-ring (bicyclic) bond motifs is 1. The Bertz CT molecular complexity index is 852. The van der Waals surface area contributed by atoms with Crippen molar-refractivity contribution in [2.75, 3.05) is 19.6 Å². The van der Waals surface area contributed by atoms with E-state index in [4.69, 9.17) is 0 Å². The molecular formula is C23H33N3O. The Morgan fingerprint density at radius 1 is 1.00 bits per heavy atom. The van der Waals surface area contributed by atoms with E-state index in [1.54, 1.807) is 0 Å². The molecule has 1 aliphatic carbocycles. The molecule has 0 spiro atoms. The third-order valence-electron chi connectivity index (χ3n) is 6.45. The van der Waals surface area contributed by atoms with Gasteiger partial charge in [-0.2, -0.15) is 0 Å². The number of imidazole rings is 1. The van der Waals surface area contributed by atoms with E-state index in [9.17, 15) is 4.79 Å². The average molecular weight is 368 g/mol. The first kappa shape index (κ1) is 18.5. The van der Waals surface area contributed by atoms with Crippen molar-refractivity contribution in [3.63, 3.8) is 0 Å². The van der Waals surface area contributed by atoms with E-state index in [1.165, 1.54) is 57.2 Å². The van der Waals surface area contributed by atoms with Crippen LogP contribution in [0.25, 0.3) is 16.7 Å². The normalized spacial score (nSPS) is 20.4. The van der Waals surface area contributed by atoms with Crippen molar-refractivity contribution in [1.29, 1.82) is 0 Å². The molecule has 2 aromatic rings. The van der Waals surface area contributed by atoms with Gasteiger partial charge in [-0.05, 0) is 37.8 Å². The quantitative estimate of drug-likeness (QED) is 0.782. The standard InChI is InChI=1S/C23H33N3O/c1-2-25-21-12-8-9-13-22(21)26(23(25)27)20-14-16-24(17-15-20)18-19-10-6-4-3-5-7-11-19/h8-9,12-14,19H,2-7,10-11,15-18H2,1H3. The van der Waals surface area contributed by atoms with Gasteiger partial charge in [0, 0.05) is 38.3 Å². The van der Waals surface area contributed by atoms with Gasteiger partial charge in [-0.3, -0.25) is 14.0 Å². The van der Waals surface area contributed by atoms with E-state index in [1.807, 2.05) is 28.2 Å². The molecule has 0 atom stereocenters. The van der Waals surface area contributed by atoms with E-state index >= 15 is 0 Å². The second-order valence-electron chi connectivity index (χ2n) is 8.27. The van der Waals surface area contributed by atoms with Crippen LogP contribution >= 0.6 is 0 Å². The molecule has 1 aliphatic heterocycles. The molecule has 4 nitrogen and oxygen atoms in total. The van der Waals surface area contributed by atoms with Crippen molar-refractivity contribution in [2.45, 2.75) is 64.8 Å². The maximum Gasteiger partial charge on any atom is 0.333 e. The average Bonchev–Trinajstić information content (AvgIpc) is 2.95. The predicted molar refractivity (Wildman–Crippen MR) is 113 cm³/mol. The molecule has 0 bridgehead atoms. The van der Waals surface area contributed by atoms with Crippen LogP contribution in [0.2, 0.25) is 0 Å². The molecule has 0 radical (unpaired) electrons. The monoisotopic (exact) mass is 367 g/mol. The van der Waals surface area contributed by atoms with E-state index in [2.05, 4.69) is 23.1 Å². The summed E-state index contributed by atoms with van der Waals surface area (Å²) < 4.78 is 3.84. The van der Waals surface area contributed by atoms with Crippen LogP contribution in [0.5, 0.6) is 0 Å². The molecule has 1 aromatic heterocycles. The fraction of sp³-hybridized carbons (Fsp3) is 0.609. The summed E-state index contributed by atoms with van der Waals surface area (Å²) in [4.78, 5) is 15.6. The highest BCUT2D eigenvalue weighted by Crippen LogP contribution is 2.26. The van der Waals surface area contributed by atoms with Crippen molar-refractivity contribution in [3.05, 3.63) is 40.8 Å². The lowest BCUT2D eigenvalue weighted by atomic mass is 9.90. The zero-order valence-electron chi connectivity index (χ0n) is 16.7. The summed E-state index contributed by atoms with van der Waals surface area (Å²) >= 11 is 0. The van der Waals surface area contributed by atoms with Crippen LogP contribution in [-0.4, -0.2) is 33.7 Å². The lowest BCUT2D eigenvalue weighted by Gasteiger charge is -2.31. The van der Waals surface area contributed by atoms with E-state index in [0.29, 0.717) is 6.54 Å². The number of benzene rings is 1. The molecule has 4 rings (SSSR count). The minimum Gasteiger partial charge on any atom is -0.299 e. The topological polar surface area (TPSA) is 30.2 Å². The van der Waals surface area contributed by atoms with Crippen LogP contribution in [-0.2, 0) is 6.54 Å². The molecule has 0 N–H and O–H groups in total. The van der Waals surface area contributed by atoms with E-state index < -0.39 is 0 Å². The Morgan fingerprint density at radius 2 is 1.70 bits per heavy atom. The molecule has 0 unspecified atom stereocenters. The SMILES string of the molecule is CCn1c(=O)n(C2=CCN(CC3CCCCCCC3)CC2)c2ccccc21. The summed E-state index contributed by atoms with van der Waals surface area (Å²) in [6.45, 7) is 6.04. The highest BCUT2D eigenvalue weighted by molar-refractivity contribution is 5.80. The van der Waals surface area contributed by atoms with Crippen LogP contribution in [0.4, 0.5) is 0 Å². The molecule has 2 aliphatic rings. The highest BCUT2D eigenvalue weighted by Gasteiger charge is 2.21. The molecule has 27 heavy (non-hydrogen) atoms. The van der Waals surface area contributed by atoms with Crippen LogP contribution in [0.15, 0.2) is 35.1 Å². The number of hydrogen-bond donors (Lipinski definition) is 0. The zero-order valence-corrected chi connectivity index (χ0v) is 16.7. The van der Waals surface area contributed by atoms with Gasteiger partial charge in [0.1, 0.15) is 0 Å². The van der Waals surface area contributed by atoms with Gasteiger partial charge < -0.3 is 0 Å². The second kappa shape index (κ2) is 8.47. The van der Waals surface area contributed by atoms with Crippen molar-refractivity contribution in [2.24, 2.45) is 5.92 Å². The molecule has 1 fully saturated rings. The molecule has 2 heterocycles. The van der Waals surface area contributed by atoms with Crippen molar-refractivity contribution < 1.29 is 0 Å². The van der Waals surface area contributed by atoms with Gasteiger partial charge in [0.25, 0.3) is 0 Å².